The Balaban J connectivity index is 0.000000265. The second-order valence-corrected chi connectivity index (χ2v) is 2.80. The van der Waals surface area contributed by atoms with Crippen molar-refractivity contribution in [3.8, 4) is 0 Å². The Kier molecular flexibility index (Phi) is 9.02. The molecule has 0 heteroatoms. The lowest BCUT2D eigenvalue weighted by Crippen LogP contribution is -1.63. The van der Waals surface area contributed by atoms with Gasteiger partial charge in [-0.2, -0.15) is 0 Å². The van der Waals surface area contributed by atoms with Gasteiger partial charge in [-0.1, -0.05) is 73.9 Å². The van der Waals surface area contributed by atoms with Crippen LogP contribution < -0.4 is 0 Å². The van der Waals surface area contributed by atoms with Crippen molar-refractivity contribution in [1.82, 2.24) is 0 Å². The molecule has 0 atom stereocenters. The van der Waals surface area contributed by atoms with Crippen molar-refractivity contribution in [3.05, 3.63) is 79.9 Å². The zero-order chi connectivity index (χ0) is 11.4. The Morgan fingerprint density at radius 2 is 1.67 bits per heavy atom. The quantitative estimate of drug-likeness (QED) is 0.488. The largest absolute Gasteiger partial charge is 0.103 e. The molecule has 78 valence electrons. The van der Waals surface area contributed by atoms with E-state index < -0.39 is 0 Å². The molecule has 0 aliphatic heterocycles. The van der Waals surface area contributed by atoms with Gasteiger partial charge in [-0.15, -0.1) is 6.58 Å². The highest BCUT2D eigenvalue weighted by Crippen LogP contribution is 1.97. The first-order chi connectivity index (χ1) is 7.35. The Hall–Kier alpha value is -1.82. The average molecular weight is 198 g/mol. The van der Waals surface area contributed by atoms with Crippen LogP contribution >= 0.6 is 0 Å². The van der Waals surface area contributed by atoms with E-state index in [0.717, 1.165) is 6.42 Å². The Labute approximate surface area is 93.0 Å². The van der Waals surface area contributed by atoms with Gasteiger partial charge in [0.25, 0.3) is 0 Å². The summed E-state index contributed by atoms with van der Waals surface area (Å²) in [4.78, 5) is 0. The monoisotopic (exact) mass is 198 g/mol. The van der Waals surface area contributed by atoms with Gasteiger partial charge in [0.1, 0.15) is 0 Å². The normalized spacial score (nSPS) is 8.80. The highest BCUT2D eigenvalue weighted by Gasteiger charge is 1.75. The lowest BCUT2D eigenvalue weighted by atomic mass is 10.2. The van der Waals surface area contributed by atoms with Crippen molar-refractivity contribution in [3.63, 3.8) is 0 Å². The smallest absolute Gasteiger partial charge is 0.0169 e. The van der Waals surface area contributed by atoms with Gasteiger partial charge in [-0.05, 0) is 12.0 Å². The molecule has 0 fully saturated rings. The summed E-state index contributed by atoms with van der Waals surface area (Å²) >= 11 is 0. The van der Waals surface area contributed by atoms with Crippen LogP contribution in [-0.4, -0.2) is 0 Å². The number of allylic oxidation sites excluding steroid dienone is 4. The fourth-order valence-corrected chi connectivity index (χ4v) is 0.860. The maximum absolute atomic E-state index is 3.63. The summed E-state index contributed by atoms with van der Waals surface area (Å²) in [5, 5.41) is 0. The fourth-order valence-electron chi connectivity index (χ4n) is 0.860. The third-order valence-corrected chi connectivity index (χ3v) is 1.61. The minimum Gasteiger partial charge on any atom is -0.103 e. The highest BCUT2D eigenvalue weighted by atomic mass is 13.8. The van der Waals surface area contributed by atoms with E-state index in [0.29, 0.717) is 0 Å². The lowest BCUT2D eigenvalue weighted by Gasteiger charge is -1.85. The highest BCUT2D eigenvalue weighted by molar-refractivity contribution is 5.45. The summed E-state index contributed by atoms with van der Waals surface area (Å²) in [5.74, 6) is 0. The topological polar surface area (TPSA) is 0 Å². The van der Waals surface area contributed by atoms with Crippen LogP contribution in [0, 0.1) is 0 Å². The summed E-state index contributed by atoms with van der Waals surface area (Å²) in [6.07, 6.45) is 10.3. The van der Waals surface area contributed by atoms with Crippen molar-refractivity contribution in [1.29, 1.82) is 0 Å². The van der Waals surface area contributed by atoms with Crippen molar-refractivity contribution < 1.29 is 0 Å². The number of hydrogen-bond donors (Lipinski definition) is 0. The first-order valence-corrected chi connectivity index (χ1v) is 4.91. The van der Waals surface area contributed by atoms with E-state index in [2.05, 4.69) is 19.7 Å². The van der Waals surface area contributed by atoms with Crippen LogP contribution in [0.4, 0.5) is 0 Å². The zero-order valence-electron chi connectivity index (χ0n) is 9.10. The van der Waals surface area contributed by atoms with Gasteiger partial charge in [0.05, 0.1) is 0 Å². The molecule has 0 amide bonds. The molecule has 1 aromatic carbocycles. The van der Waals surface area contributed by atoms with Gasteiger partial charge in [-0.25, -0.2) is 0 Å². The Morgan fingerprint density at radius 1 is 1.00 bits per heavy atom. The Bertz CT molecular complexity index is 304. The van der Waals surface area contributed by atoms with Gasteiger partial charge in [-0.3, -0.25) is 0 Å². The SMILES string of the molecule is C=CC=CCC=C.C=Cc1ccccc1. The predicted octanol–water partition coefficient (Wildman–Crippen LogP) is 4.63. The van der Waals surface area contributed by atoms with Gasteiger partial charge in [0.2, 0.25) is 0 Å². The maximum atomic E-state index is 3.63. The molecule has 15 heavy (non-hydrogen) atoms. The summed E-state index contributed by atoms with van der Waals surface area (Å²) in [6, 6.07) is 10.0. The van der Waals surface area contributed by atoms with Gasteiger partial charge in [0.15, 0.2) is 0 Å². The van der Waals surface area contributed by atoms with E-state index in [1.165, 1.54) is 5.56 Å². The van der Waals surface area contributed by atoms with Crippen LogP contribution in [0.2, 0.25) is 0 Å². The summed E-state index contributed by atoms with van der Waals surface area (Å²) in [5.41, 5.74) is 1.17. The lowest BCUT2D eigenvalue weighted by molar-refractivity contribution is 1.41. The molecule has 0 heterocycles. The molecular formula is C15H18. The molecule has 0 saturated heterocycles. The van der Waals surface area contributed by atoms with Crippen molar-refractivity contribution in [2.45, 2.75) is 6.42 Å². The van der Waals surface area contributed by atoms with Crippen LogP contribution in [0.25, 0.3) is 6.08 Å². The maximum Gasteiger partial charge on any atom is -0.0169 e. The van der Waals surface area contributed by atoms with Gasteiger partial charge < -0.3 is 0 Å². The predicted molar refractivity (Wildman–Crippen MR) is 70.7 cm³/mol. The third kappa shape index (κ3) is 8.51. The Morgan fingerprint density at radius 3 is 2.07 bits per heavy atom. The first-order valence-electron chi connectivity index (χ1n) is 4.91. The molecule has 0 aliphatic rings. The average Bonchev–Trinajstić information content (AvgIpc) is 2.32. The molecule has 1 rings (SSSR count). The second kappa shape index (κ2) is 10.3. The molecule has 0 radical (unpaired) electrons. The van der Waals surface area contributed by atoms with E-state index >= 15 is 0 Å². The van der Waals surface area contributed by atoms with Crippen LogP contribution in [0.5, 0.6) is 0 Å². The first kappa shape index (κ1) is 13.2. The second-order valence-electron chi connectivity index (χ2n) is 2.80. The molecule has 1 aromatic rings. The molecule has 0 aromatic heterocycles. The van der Waals surface area contributed by atoms with E-state index in [9.17, 15) is 0 Å². The standard InChI is InChI=1S/C8H8.C7H10/c1-2-8-6-4-3-5-7-8;1-3-5-7-6-4-2/h2-7H,1H2;3-5,7H,1-2,6H2. The van der Waals surface area contributed by atoms with Crippen LogP contribution in [0.3, 0.4) is 0 Å². The summed E-state index contributed by atoms with van der Waals surface area (Å²) in [6.45, 7) is 10.7. The number of hydrogen-bond acceptors (Lipinski definition) is 0. The molecular weight excluding hydrogens is 180 g/mol. The molecule has 0 nitrogen and oxygen atoms in total. The van der Waals surface area contributed by atoms with Crippen LogP contribution in [0.15, 0.2) is 74.4 Å². The minimum atomic E-state index is 0.937. The zero-order valence-corrected chi connectivity index (χ0v) is 9.10. The van der Waals surface area contributed by atoms with E-state index in [-0.39, 0.29) is 0 Å². The molecule has 0 bridgehead atoms. The summed E-state index contributed by atoms with van der Waals surface area (Å²) < 4.78 is 0. The third-order valence-electron chi connectivity index (χ3n) is 1.61. The molecule has 0 unspecified atom stereocenters. The van der Waals surface area contributed by atoms with E-state index in [1.54, 1.807) is 6.08 Å². The molecule has 0 aliphatic carbocycles. The molecule has 0 saturated carbocycles. The number of benzene rings is 1. The van der Waals surface area contributed by atoms with Crippen LogP contribution in [0.1, 0.15) is 12.0 Å². The number of rotatable bonds is 4. The van der Waals surface area contributed by atoms with Crippen molar-refractivity contribution in [2.75, 3.05) is 0 Å². The molecule has 0 N–H and O–H groups in total. The van der Waals surface area contributed by atoms with Gasteiger partial charge in [0, 0.05) is 0 Å². The van der Waals surface area contributed by atoms with Gasteiger partial charge >= 0.3 is 0 Å². The minimum absolute atomic E-state index is 0.937. The van der Waals surface area contributed by atoms with E-state index in [1.807, 2.05) is 54.6 Å². The summed E-state index contributed by atoms with van der Waals surface area (Å²) in [7, 11) is 0. The van der Waals surface area contributed by atoms with E-state index in [4.69, 9.17) is 0 Å². The van der Waals surface area contributed by atoms with Crippen LogP contribution in [-0.2, 0) is 0 Å². The van der Waals surface area contributed by atoms with Crippen molar-refractivity contribution >= 4 is 6.08 Å². The van der Waals surface area contributed by atoms with Crippen molar-refractivity contribution in [2.24, 2.45) is 0 Å². The molecule has 0 spiro atoms. The fraction of sp³-hybridized carbons (Fsp3) is 0.0667.